The van der Waals surface area contributed by atoms with E-state index in [1.54, 1.807) is 48.7 Å². The Hall–Kier alpha value is -4.41. The van der Waals surface area contributed by atoms with Gasteiger partial charge in [-0.05, 0) is 61.9 Å². The van der Waals surface area contributed by atoms with E-state index < -0.39 is 11.5 Å². The fourth-order valence-electron chi connectivity index (χ4n) is 3.27. The number of carbonyl (C=O) groups is 1. The minimum atomic E-state index is -0.695. The molecule has 0 atom stereocenters. The third-order valence-corrected chi connectivity index (χ3v) is 5.26. The molecule has 0 unspecified atom stereocenters. The topological polar surface area (TPSA) is 96.5 Å². The second-order valence-corrected chi connectivity index (χ2v) is 8.01. The Kier molecular flexibility index (Phi) is 6.44. The van der Waals surface area contributed by atoms with Gasteiger partial charge in [-0.25, -0.2) is 0 Å². The fraction of sp³-hybridized carbons (Fsp3) is 0.0769. The number of benzene rings is 2. The van der Waals surface area contributed by atoms with Crippen molar-refractivity contribution in [2.24, 2.45) is 0 Å². The molecule has 1 N–H and O–H groups in total. The summed E-state index contributed by atoms with van der Waals surface area (Å²) in [6.07, 6.45) is 2.76. The number of pyridine rings is 1. The number of amides is 1. The largest absolute Gasteiger partial charge is 0.438 e. The molecule has 0 aliphatic heterocycles. The average Bonchev–Trinajstić information content (AvgIpc) is 2.81. The summed E-state index contributed by atoms with van der Waals surface area (Å²) < 4.78 is 7.29. The lowest BCUT2D eigenvalue weighted by Crippen LogP contribution is -2.20. The van der Waals surface area contributed by atoms with Gasteiger partial charge in [-0.3, -0.25) is 14.0 Å². The summed E-state index contributed by atoms with van der Waals surface area (Å²) in [6, 6.07) is 19.2. The summed E-state index contributed by atoms with van der Waals surface area (Å²) in [5.74, 6) is -0.238. The van der Waals surface area contributed by atoms with Crippen LogP contribution in [0.3, 0.4) is 0 Å². The molecule has 2 aromatic carbocycles. The maximum absolute atomic E-state index is 13.4. The number of halogens is 1. The van der Waals surface area contributed by atoms with Gasteiger partial charge in [0.05, 0.1) is 0 Å². The van der Waals surface area contributed by atoms with Gasteiger partial charge in [0.1, 0.15) is 28.6 Å². The Morgan fingerprint density at radius 1 is 1.15 bits per heavy atom. The quantitative estimate of drug-likeness (QED) is 0.315. The van der Waals surface area contributed by atoms with Gasteiger partial charge in [0, 0.05) is 16.9 Å². The number of aromatic nitrogens is 2. The normalized spacial score (nSPS) is 11.2. The van der Waals surface area contributed by atoms with Crippen LogP contribution in [-0.4, -0.2) is 15.3 Å². The van der Waals surface area contributed by atoms with Crippen molar-refractivity contribution in [3.63, 3.8) is 0 Å². The van der Waals surface area contributed by atoms with Gasteiger partial charge in [-0.2, -0.15) is 10.2 Å². The van der Waals surface area contributed by atoms with Gasteiger partial charge in [-0.15, -0.1) is 0 Å². The fourth-order valence-corrected chi connectivity index (χ4v) is 3.46. The van der Waals surface area contributed by atoms with Crippen molar-refractivity contribution in [2.45, 2.75) is 13.8 Å². The van der Waals surface area contributed by atoms with Crippen LogP contribution in [-0.2, 0) is 4.79 Å². The number of fused-ring (bicyclic) bond motifs is 1. The lowest BCUT2D eigenvalue weighted by Gasteiger charge is -2.12. The Bertz CT molecular complexity index is 1530. The molecule has 0 fully saturated rings. The van der Waals surface area contributed by atoms with Crippen molar-refractivity contribution in [1.29, 1.82) is 5.26 Å². The first kappa shape index (κ1) is 22.8. The van der Waals surface area contributed by atoms with Gasteiger partial charge in [-0.1, -0.05) is 41.4 Å². The van der Waals surface area contributed by atoms with Gasteiger partial charge < -0.3 is 10.1 Å². The van der Waals surface area contributed by atoms with E-state index in [0.717, 1.165) is 11.1 Å². The highest BCUT2D eigenvalue weighted by atomic mass is 35.5. The Labute approximate surface area is 200 Å². The summed E-state index contributed by atoms with van der Waals surface area (Å²) >= 11 is 5.97. The minimum absolute atomic E-state index is 0.00791. The molecule has 1 amide bonds. The molecule has 0 aliphatic rings. The van der Waals surface area contributed by atoms with Gasteiger partial charge >= 0.3 is 0 Å². The number of hydrogen-bond acceptors (Lipinski definition) is 5. The first-order valence-electron chi connectivity index (χ1n) is 10.3. The average molecular weight is 471 g/mol. The zero-order valence-electron chi connectivity index (χ0n) is 18.4. The summed E-state index contributed by atoms with van der Waals surface area (Å²) in [5.41, 5.74) is 1.84. The predicted octanol–water partition coefficient (Wildman–Crippen LogP) is 5.30. The zero-order chi connectivity index (χ0) is 24.2. The van der Waals surface area contributed by atoms with Crippen molar-refractivity contribution in [2.75, 3.05) is 5.32 Å². The van der Waals surface area contributed by atoms with Crippen LogP contribution in [0, 0.1) is 25.2 Å². The molecule has 168 valence electrons. The maximum atomic E-state index is 13.4. The zero-order valence-corrected chi connectivity index (χ0v) is 19.1. The molecule has 8 heteroatoms. The molecule has 0 aliphatic carbocycles. The van der Waals surface area contributed by atoms with Crippen LogP contribution >= 0.6 is 11.6 Å². The summed E-state index contributed by atoms with van der Waals surface area (Å²) in [7, 11) is 0. The lowest BCUT2D eigenvalue weighted by molar-refractivity contribution is -0.112. The number of aryl methyl sites for hydroxylation is 2. The number of carbonyl (C=O) groups excluding carboxylic acids is 1. The number of anilines is 1. The number of hydrogen-bond donors (Lipinski definition) is 1. The molecular formula is C26H19ClN4O3. The SMILES string of the molecule is Cc1ccc(Oc2nc3c(C)cccn3c(=O)c2/C=C(/C#N)C(=O)Nc2cccc(Cl)c2)cc1. The molecular weight excluding hydrogens is 452 g/mol. The molecule has 7 nitrogen and oxygen atoms in total. The molecule has 2 aromatic heterocycles. The molecule has 0 saturated carbocycles. The van der Waals surface area contributed by atoms with E-state index in [1.165, 1.54) is 10.5 Å². The van der Waals surface area contributed by atoms with Crippen molar-refractivity contribution >= 4 is 34.9 Å². The molecule has 0 bridgehead atoms. The highest BCUT2D eigenvalue weighted by Crippen LogP contribution is 2.25. The molecule has 0 saturated heterocycles. The van der Waals surface area contributed by atoms with Crippen LogP contribution < -0.4 is 15.6 Å². The number of nitrogens with one attached hydrogen (secondary N) is 1. The first-order chi connectivity index (χ1) is 16.4. The molecule has 4 rings (SSSR count). The van der Waals surface area contributed by atoms with Crippen LogP contribution in [0.15, 0.2) is 77.2 Å². The highest BCUT2D eigenvalue weighted by Gasteiger charge is 2.18. The Morgan fingerprint density at radius 3 is 2.62 bits per heavy atom. The van der Waals surface area contributed by atoms with Crippen LogP contribution in [0.2, 0.25) is 5.02 Å². The Morgan fingerprint density at radius 2 is 1.91 bits per heavy atom. The van der Waals surface area contributed by atoms with Gasteiger partial charge in [0.2, 0.25) is 5.88 Å². The number of nitrogens with zero attached hydrogens (tertiary/aromatic N) is 3. The maximum Gasteiger partial charge on any atom is 0.269 e. The van der Waals surface area contributed by atoms with Crippen molar-refractivity contribution in [1.82, 2.24) is 9.38 Å². The van der Waals surface area contributed by atoms with Gasteiger partial charge in [0.25, 0.3) is 11.5 Å². The van der Waals surface area contributed by atoms with E-state index in [9.17, 15) is 14.9 Å². The third-order valence-electron chi connectivity index (χ3n) is 5.02. The summed E-state index contributed by atoms with van der Waals surface area (Å²) in [6.45, 7) is 3.77. The van der Waals surface area contributed by atoms with E-state index >= 15 is 0 Å². The molecule has 0 spiro atoms. The van der Waals surface area contributed by atoms with Crippen LogP contribution in [0.1, 0.15) is 16.7 Å². The molecule has 2 heterocycles. The first-order valence-corrected chi connectivity index (χ1v) is 10.7. The van der Waals surface area contributed by atoms with E-state index in [4.69, 9.17) is 16.3 Å². The minimum Gasteiger partial charge on any atom is -0.438 e. The lowest BCUT2D eigenvalue weighted by atomic mass is 10.1. The number of nitriles is 1. The van der Waals surface area contributed by atoms with Crippen LogP contribution in [0.4, 0.5) is 5.69 Å². The summed E-state index contributed by atoms with van der Waals surface area (Å²) in [4.78, 5) is 30.7. The monoisotopic (exact) mass is 470 g/mol. The van der Waals surface area contributed by atoms with Crippen molar-refractivity contribution in [3.05, 3.63) is 105 Å². The van der Waals surface area contributed by atoms with Crippen molar-refractivity contribution < 1.29 is 9.53 Å². The second kappa shape index (κ2) is 9.61. The van der Waals surface area contributed by atoms with E-state index in [-0.39, 0.29) is 17.0 Å². The van der Waals surface area contributed by atoms with Gasteiger partial charge in [0.15, 0.2) is 0 Å². The van der Waals surface area contributed by atoms with Crippen molar-refractivity contribution in [3.8, 4) is 17.7 Å². The molecule has 0 radical (unpaired) electrons. The Balaban J connectivity index is 1.83. The van der Waals surface area contributed by atoms with Crippen LogP contribution in [0.25, 0.3) is 11.7 Å². The third kappa shape index (κ3) is 4.82. The molecule has 34 heavy (non-hydrogen) atoms. The van der Waals surface area contributed by atoms with E-state index in [2.05, 4.69) is 10.3 Å². The standard InChI is InChI=1S/C26H19ClN4O3/c1-16-8-10-21(11-9-16)34-25-22(26(33)31-12-4-5-17(2)23(31)30-25)13-18(15-28)24(32)29-20-7-3-6-19(27)14-20/h3-14H,1-2H3,(H,29,32)/b18-13-. The summed E-state index contributed by atoms with van der Waals surface area (Å²) in [5, 5.41) is 12.7. The highest BCUT2D eigenvalue weighted by molar-refractivity contribution is 6.31. The van der Waals surface area contributed by atoms with Crippen LogP contribution in [0.5, 0.6) is 11.6 Å². The number of ether oxygens (including phenoxy) is 1. The van der Waals surface area contributed by atoms with E-state index in [0.29, 0.717) is 22.1 Å². The predicted molar refractivity (Wildman–Crippen MR) is 131 cm³/mol. The second-order valence-electron chi connectivity index (χ2n) is 7.57. The van der Waals surface area contributed by atoms with E-state index in [1.807, 2.05) is 38.1 Å². The smallest absolute Gasteiger partial charge is 0.269 e. The number of rotatable bonds is 5. The molecule has 4 aromatic rings.